The van der Waals surface area contributed by atoms with Crippen LogP contribution in [0, 0.1) is 13.8 Å². The zero-order chi connectivity index (χ0) is 24.5. The van der Waals surface area contributed by atoms with Crippen molar-refractivity contribution in [2.24, 2.45) is 0 Å². The molecule has 1 aliphatic carbocycles. The van der Waals surface area contributed by atoms with Crippen molar-refractivity contribution >= 4 is 23.3 Å². The molecular formula is C27H26N2O6. The first-order chi connectivity index (χ1) is 16.9. The highest BCUT2D eigenvalue weighted by Crippen LogP contribution is 2.34. The third-order valence-electron chi connectivity index (χ3n) is 6.18. The van der Waals surface area contributed by atoms with Crippen LogP contribution < -0.4 is 19.7 Å². The van der Waals surface area contributed by atoms with Crippen LogP contribution >= 0.6 is 0 Å². The molecule has 2 aliphatic rings. The minimum atomic E-state index is -0.270. The van der Waals surface area contributed by atoms with Gasteiger partial charge in [-0.3, -0.25) is 19.3 Å². The number of hydrogen-bond acceptors (Lipinski definition) is 6. The molecule has 35 heavy (non-hydrogen) atoms. The van der Waals surface area contributed by atoms with Gasteiger partial charge in [-0.2, -0.15) is 0 Å². The van der Waals surface area contributed by atoms with Gasteiger partial charge in [0.2, 0.25) is 0 Å². The quantitative estimate of drug-likeness (QED) is 0.496. The van der Waals surface area contributed by atoms with Crippen molar-refractivity contribution in [1.82, 2.24) is 5.32 Å². The lowest BCUT2D eigenvalue weighted by atomic mass is 10.1. The second kappa shape index (κ2) is 9.29. The van der Waals surface area contributed by atoms with Gasteiger partial charge in [-0.25, -0.2) is 0 Å². The fourth-order valence-corrected chi connectivity index (χ4v) is 3.81. The van der Waals surface area contributed by atoms with Crippen LogP contribution in [0.3, 0.4) is 0 Å². The Labute approximate surface area is 202 Å². The molecular weight excluding hydrogens is 448 g/mol. The van der Waals surface area contributed by atoms with Gasteiger partial charge < -0.3 is 19.2 Å². The van der Waals surface area contributed by atoms with Gasteiger partial charge in [-0.1, -0.05) is 6.07 Å². The van der Waals surface area contributed by atoms with E-state index in [1.807, 2.05) is 32.0 Å². The Morgan fingerprint density at radius 2 is 1.89 bits per heavy atom. The first-order valence-electron chi connectivity index (χ1n) is 11.6. The molecule has 0 spiro atoms. The van der Waals surface area contributed by atoms with Crippen molar-refractivity contribution < 1.29 is 28.3 Å². The number of nitrogens with one attached hydrogen (secondary N) is 1. The summed E-state index contributed by atoms with van der Waals surface area (Å²) in [5.74, 6) is 1.04. The van der Waals surface area contributed by atoms with Crippen molar-refractivity contribution in [3.63, 3.8) is 0 Å². The summed E-state index contributed by atoms with van der Waals surface area (Å²) in [4.78, 5) is 39.2. The molecule has 180 valence electrons. The maximum atomic E-state index is 12.8. The molecule has 8 nitrogen and oxygen atoms in total. The van der Waals surface area contributed by atoms with Crippen LogP contribution in [0.4, 0.5) is 5.69 Å². The predicted molar refractivity (Wildman–Crippen MR) is 128 cm³/mol. The van der Waals surface area contributed by atoms with Crippen LogP contribution in [0.5, 0.6) is 11.5 Å². The fraction of sp³-hybridized carbons (Fsp3) is 0.296. The number of nitrogens with zero attached hydrogens (tertiary/aromatic N) is 1. The van der Waals surface area contributed by atoms with Gasteiger partial charge >= 0.3 is 0 Å². The van der Waals surface area contributed by atoms with Crippen molar-refractivity contribution in [2.45, 2.75) is 39.3 Å². The Bertz CT molecular complexity index is 1310. The highest BCUT2D eigenvalue weighted by molar-refractivity contribution is 6.02. The lowest BCUT2D eigenvalue weighted by Gasteiger charge is -2.29. The van der Waals surface area contributed by atoms with Crippen LogP contribution in [0.1, 0.15) is 50.6 Å². The maximum absolute atomic E-state index is 12.8. The van der Waals surface area contributed by atoms with Gasteiger partial charge in [-0.05, 0) is 80.3 Å². The normalized spacial score (nSPS) is 14.8. The lowest BCUT2D eigenvalue weighted by Crippen LogP contribution is -2.38. The minimum Gasteiger partial charge on any atom is -0.485 e. The summed E-state index contributed by atoms with van der Waals surface area (Å²) < 4.78 is 16.9. The highest BCUT2D eigenvalue weighted by atomic mass is 16.5. The molecule has 2 heterocycles. The van der Waals surface area contributed by atoms with Gasteiger partial charge in [0.25, 0.3) is 11.8 Å². The molecule has 2 aromatic carbocycles. The van der Waals surface area contributed by atoms with E-state index in [-0.39, 0.29) is 49.2 Å². The fourth-order valence-electron chi connectivity index (χ4n) is 3.81. The highest BCUT2D eigenvalue weighted by Gasteiger charge is 2.29. The Hall–Kier alpha value is -4.07. The molecule has 1 N–H and O–H groups in total. The molecule has 1 fully saturated rings. The monoisotopic (exact) mass is 474 g/mol. The van der Waals surface area contributed by atoms with Crippen LogP contribution in [0.25, 0.3) is 0 Å². The molecule has 0 bridgehead atoms. The van der Waals surface area contributed by atoms with Gasteiger partial charge in [0, 0.05) is 11.6 Å². The number of fused-ring (bicyclic) bond motifs is 1. The largest absolute Gasteiger partial charge is 0.485 e. The summed E-state index contributed by atoms with van der Waals surface area (Å²) >= 11 is 0. The first-order valence-corrected chi connectivity index (χ1v) is 11.6. The Kier molecular flexibility index (Phi) is 6.03. The molecule has 0 saturated heterocycles. The second-order valence-electron chi connectivity index (χ2n) is 8.92. The van der Waals surface area contributed by atoms with Gasteiger partial charge in [0.05, 0.1) is 12.2 Å². The van der Waals surface area contributed by atoms with E-state index >= 15 is 0 Å². The molecule has 5 rings (SSSR count). The minimum absolute atomic E-state index is 0.114. The maximum Gasteiger partial charge on any atom is 0.287 e. The van der Waals surface area contributed by atoms with Crippen LogP contribution in [-0.4, -0.2) is 36.9 Å². The van der Waals surface area contributed by atoms with Crippen molar-refractivity contribution in [1.29, 1.82) is 0 Å². The molecule has 0 unspecified atom stereocenters. The number of Topliss-reactive ketones (excluding diaryl/α,β-unsaturated/α-hetero) is 1. The van der Waals surface area contributed by atoms with Crippen LogP contribution in [0.15, 0.2) is 52.9 Å². The van der Waals surface area contributed by atoms with E-state index in [9.17, 15) is 14.4 Å². The van der Waals surface area contributed by atoms with E-state index in [4.69, 9.17) is 13.9 Å². The number of aryl methyl sites for hydroxylation is 2. The smallest absolute Gasteiger partial charge is 0.287 e. The third kappa shape index (κ3) is 5.06. The van der Waals surface area contributed by atoms with E-state index in [2.05, 4.69) is 5.32 Å². The second-order valence-corrected chi connectivity index (χ2v) is 8.92. The Balaban J connectivity index is 1.30. The van der Waals surface area contributed by atoms with E-state index in [1.54, 1.807) is 30.3 Å². The summed E-state index contributed by atoms with van der Waals surface area (Å²) in [5.41, 5.74) is 3.11. The topological polar surface area (TPSA) is 98.1 Å². The van der Waals surface area contributed by atoms with Crippen molar-refractivity contribution in [3.05, 3.63) is 76.7 Å². The zero-order valence-electron chi connectivity index (χ0n) is 19.6. The summed E-state index contributed by atoms with van der Waals surface area (Å²) in [6, 6.07) is 14.1. The predicted octanol–water partition coefficient (Wildman–Crippen LogP) is 3.98. The summed E-state index contributed by atoms with van der Waals surface area (Å²) in [6.07, 6.45) is 1.96. The van der Waals surface area contributed by atoms with Crippen LogP contribution in [-0.2, 0) is 11.3 Å². The Morgan fingerprint density at radius 3 is 2.66 bits per heavy atom. The average Bonchev–Trinajstić information content (AvgIpc) is 3.54. The van der Waals surface area contributed by atoms with E-state index in [1.165, 1.54) is 4.90 Å². The summed E-state index contributed by atoms with van der Waals surface area (Å²) in [6.45, 7) is 3.86. The standard InChI is InChI=1S/C27H26N2O6/c1-16-3-7-20(11-17(16)2)33-14-23(30)18-4-9-24-22(12-18)29(26(31)15-34-24)13-21-8-10-25(35-21)27(32)28-19-5-6-19/h3-4,7-12,19H,5-6,13-15H2,1-2H3,(H,28,32). The number of carbonyl (C=O) groups is 3. The number of hydrogen-bond donors (Lipinski definition) is 1. The summed E-state index contributed by atoms with van der Waals surface area (Å²) in [7, 11) is 0. The average molecular weight is 475 g/mol. The number of amides is 2. The number of rotatable bonds is 8. The SMILES string of the molecule is Cc1ccc(OCC(=O)c2ccc3c(c2)N(Cc2ccc(C(=O)NC4CC4)o2)C(=O)CO3)cc1C. The first kappa shape index (κ1) is 22.7. The molecule has 8 heteroatoms. The molecule has 0 radical (unpaired) electrons. The van der Waals surface area contributed by atoms with Gasteiger partial charge in [-0.15, -0.1) is 0 Å². The zero-order valence-corrected chi connectivity index (χ0v) is 19.6. The molecule has 1 aromatic heterocycles. The molecule has 0 atom stereocenters. The van der Waals surface area contributed by atoms with E-state index < -0.39 is 0 Å². The van der Waals surface area contributed by atoms with E-state index in [0.29, 0.717) is 28.5 Å². The van der Waals surface area contributed by atoms with Crippen molar-refractivity contribution in [3.8, 4) is 11.5 Å². The summed E-state index contributed by atoms with van der Waals surface area (Å²) in [5, 5.41) is 2.88. The number of ketones is 1. The molecule has 1 saturated carbocycles. The van der Waals surface area contributed by atoms with Gasteiger partial charge in [0.1, 0.15) is 17.3 Å². The Morgan fingerprint density at radius 1 is 1.06 bits per heavy atom. The van der Waals surface area contributed by atoms with Gasteiger partial charge in [0.15, 0.2) is 24.8 Å². The number of furan rings is 1. The number of anilines is 1. The number of benzene rings is 2. The molecule has 3 aromatic rings. The lowest BCUT2D eigenvalue weighted by molar-refractivity contribution is -0.121. The van der Waals surface area contributed by atoms with Crippen molar-refractivity contribution in [2.75, 3.05) is 18.1 Å². The molecule has 1 aliphatic heterocycles. The van der Waals surface area contributed by atoms with Crippen LogP contribution in [0.2, 0.25) is 0 Å². The number of carbonyl (C=O) groups excluding carboxylic acids is 3. The number of ether oxygens (including phenoxy) is 2. The molecule has 2 amide bonds. The third-order valence-corrected chi connectivity index (χ3v) is 6.18. The van der Waals surface area contributed by atoms with E-state index in [0.717, 1.165) is 24.0 Å².